The van der Waals surface area contributed by atoms with Gasteiger partial charge in [0, 0.05) is 6.61 Å². The fraction of sp³-hybridized carbons (Fsp3) is 1.00. The molecule has 0 amide bonds. The lowest BCUT2D eigenvalue weighted by molar-refractivity contribution is 0.122. The van der Waals surface area contributed by atoms with Crippen molar-refractivity contribution in [2.75, 3.05) is 6.61 Å². The zero-order valence-electron chi connectivity index (χ0n) is 15.4. The highest BCUT2D eigenvalue weighted by Gasteiger charge is 2.02. The molecule has 0 rings (SSSR count). The molecule has 0 heterocycles. The highest BCUT2D eigenvalue weighted by atomic mass is 16.3. The van der Waals surface area contributed by atoms with Crippen molar-refractivity contribution >= 4 is 0 Å². The summed E-state index contributed by atoms with van der Waals surface area (Å²) in [5.41, 5.74) is 0. The van der Waals surface area contributed by atoms with E-state index in [2.05, 4.69) is 13.8 Å². The maximum atomic E-state index is 9.49. The lowest BCUT2D eigenvalue weighted by Gasteiger charge is -2.08. The predicted octanol–water partition coefficient (Wildman–Crippen LogP) is 5.85. The van der Waals surface area contributed by atoms with Crippen LogP contribution >= 0.6 is 0 Å². The predicted molar refractivity (Wildman–Crippen MR) is 97.2 cm³/mol. The van der Waals surface area contributed by atoms with Crippen LogP contribution in [0.2, 0.25) is 0 Å². The van der Waals surface area contributed by atoms with E-state index in [4.69, 9.17) is 5.11 Å². The summed E-state index contributed by atoms with van der Waals surface area (Å²) in [5.74, 6) is 0.873. The van der Waals surface area contributed by atoms with Crippen molar-refractivity contribution in [1.29, 1.82) is 0 Å². The average Bonchev–Trinajstić information content (AvgIpc) is 2.47. The first kappa shape index (κ1) is 21.9. The summed E-state index contributed by atoms with van der Waals surface area (Å²) in [6.45, 7) is 4.74. The van der Waals surface area contributed by atoms with Gasteiger partial charge in [-0.05, 0) is 18.8 Å². The number of aliphatic hydroxyl groups excluding tert-OH is 2. The molecular formula is C20H42O2. The SMILES string of the molecule is CC(C)CCCCCCCCCCCCCCC(O)CCO. The van der Waals surface area contributed by atoms with Gasteiger partial charge in [-0.1, -0.05) is 97.3 Å². The van der Waals surface area contributed by atoms with Crippen LogP contribution in [0.3, 0.4) is 0 Å². The first-order chi connectivity index (χ1) is 10.7. The van der Waals surface area contributed by atoms with Gasteiger partial charge in [0.25, 0.3) is 0 Å². The summed E-state index contributed by atoms with van der Waals surface area (Å²) in [5, 5.41) is 18.2. The molecule has 0 bridgehead atoms. The molecule has 0 aliphatic carbocycles. The fourth-order valence-corrected chi connectivity index (χ4v) is 2.99. The largest absolute Gasteiger partial charge is 0.396 e. The molecule has 0 radical (unpaired) electrons. The normalized spacial score (nSPS) is 13.0. The summed E-state index contributed by atoms with van der Waals surface area (Å²) in [6.07, 6.45) is 18.9. The van der Waals surface area contributed by atoms with Crippen molar-refractivity contribution in [3.63, 3.8) is 0 Å². The monoisotopic (exact) mass is 314 g/mol. The van der Waals surface area contributed by atoms with Crippen molar-refractivity contribution in [2.24, 2.45) is 5.92 Å². The van der Waals surface area contributed by atoms with Crippen LogP contribution in [0.5, 0.6) is 0 Å². The van der Waals surface area contributed by atoms with E-state index in [9.17, 15) is 5.11 Å². The van der Waals surface area contributed by atoms with Gasteiger partial charge in [-0.3, -0.25) is 0 Å². The smallest absolute Gasteiger partial charge is 0.0562 e. The van der Waals surface area contributed by atoms with Gasteiger partial charge in [0.1, 0.15) is 0 Å². The van der Waals surface area contributed by atoms with Crippen molar-refractivity contribution in [3.8, 4) is 0 Å². The molecule has 0 aliphatic rings. The molecule has 0 saturated carbocycles. The molecule has 0 spiro atoms. The van der Waals surface area contributed by atoms with E-state index in [0.717, 1.165) is 18.8 Å². The van der Waals surface area contributed by atoms with Crippen LogP contribution in [0.4, 0.5) is 0 Å². The summed E-state index contributed by atoms with van der Waals surface area (Å²) >= 11 is 0. The Balaban J connectivity index is 3.02. The molecule has 0 aromatic carbocycles. The van der Waals surface area contributed by atoms with Gasteiger partial charge in [-0.25, -0.2) is 0 Å². The maximum Gasteiger partial charge on any atom is 0.0562 e. The minimum absolute atomic E-state index is 0.110. The lowest BCUT2D eigenvalue weighted by atomic mass is 10.0. The van der Waals surface area contributed by atoms with Crippen LogP contribution in [0.15, 0.2) is 0 Å². The Morgan fingerprint density at radius 1 is 0.545 bits per heavy atom. The molecule has 0 saturated heterocycles. The third-order valence-corrected chi connectivity index (χ3v) is 4.53. The molecule has 134 valence electrons. The van der Waals surface area contributed by atoms with Crippen molar-refractivity contribution in [2.45, 2.75) is 116 Å². The van der Waals surface area contributed by atoms with Crippen LogP contribution in [0, 0.1) is 5.92 Å². The van der Waals surface area contributed by atoms with Gasteiger partial charge >= 0.3 is 0 Å². The molecule has 0 aliphatic heterocycles. The molecule has 0 fully saturated rings. The van der Waals surface area contributed by atoms with E-state index in [1.165, 1.54) is 77.0 Å². The number of hydrogen-bond donors (Lipinski definition) is 2. The molecule has 0 aromatic heterocycles. The van der Waals surface area contributed by atoms with Crippen molar-refractivity contribution in [3.05, 3.63) is 0 Å². The van der Waals surface area contributed by atoms with Gasteiger partial charge in [0.15, 0.2) is 0 Å². The van der Waals surface area contributed by atoms with Crippen molar-refractivity contribution in [1.82, 2.24) is 0 Å². The average molecular weight is 315 g/mol. The Hall–Kier alpha value is -0.0800. The minimum atomic E-state index is -0.287. The molecule has 2 nitrogen and oxygen atoms in total. The van der Waals surface area contributed by atoms with E-state index in [-0.39, 0.29) is 12.7 Å². The van der Waals surface area contributed by atoms with E-state index < -0.39 is 0 Å². The van der Waals surface area contributed by atoms with Crippen LogP contribution in [-0.4, -0.2) is 22.9 Å². The zero-order valence-corrected chi connectivity index (χ0v) is 15.4. The quantitative estimate of drug-likeness (QED) is 0.331. The second-order valence-corrected chi connectivity index (χ2v) is 7.38. The van der Waals surface area contributed by atoms with Crippen LogP contribution in [0.25, 0.3) is 0 Å². The van der Waals surface area contributed by atoms with E-state index in [1.54, 1.807) is 0 Å². The molecular weight excluding hydrogens is 272 g/mol. The lowest BCUT2D eigenvalue weighted by Crippen LogP contribution is -2.08. The Morgan fingerprint density at radius 3 is 1.27 bits per heavy atom. The first-order valence-corrected chi connectivity index (χ1v) is 9.95. The highest BCUT2D eigenvalue weighted by molar-refractivity contribution is 4.55. The first-order valence-electron chi connectivity index (χ1n) is 9.95. The zero-order chi connectivity index (χ0) is 16.5. The van der Waals surface area contributed by atoms with E-state index in [1.807, 2.05) is 0 Å². The Labute approximate surface area is 139 Å². The van der Waals surface area contributed by atoms with Gasteiger partial charge in [-0.2, -0.15) is 0 Å². The van der Waals surface area contributed by atoms with Crippen LogP contribution < -0.4 is 0 Å². The number of hydrogen-bond acceptors (Lipinski definition) is 2. The van der Waals surface area contributed by atoms with Gasteiger partial charge in [-0.15, -0.1) is 0 Å². The Morgan fingerprint density at radius 2 is 0.909 bits per heavy atom. The Kier molecular flexibility index (Phi) is 17.2. The Bertz CT molecular complexity index is 204. The second-order valence-electron chi connectivity index (χ2n) is 7.38. The molecule has 22 heavy (non-hydrogen) atoms. The fourth-order valence-electron chi connectivity index (χ4n) is 2.99. The van der Waals surface area contributed by atoms with E-state index >= 15 is 0 Å². The number of aliphatic hydroxyl groups is 2. The molecule has 1 atom stereocenters. The van der Waals surface area contributed by atoms with Crippen LogP contribution in [-0.2, 0) is 0 Å². The standard InChI is InChI=1S/C20H42O2/c1-19(2)15-13-11-9-7-5-3-4-6-8-10-12-14-16-20(22)17-18-21/h19-22H,3-18H2,1-2H3. The molecule has 2 N–H and O–H groups in total. The number of unbranched alkanes of at least 4 members (excludes halogenated alkanes) is 11. The third kappa shape index (κ3) is 18.0. The highest BCUT2D eigenvalue weighted by Crippen LogP contribution is 2.14. The van der Waals surface area contributed by atoms with Crippen molar-refractivity contribution < 1.29 is 10.2 Å². The molecule has 0 aromatic rings. The van der Waals surface area contributed by atoms with Gasteiger partial charge < -0.3 is 10.2 Å². The summed E-state index contributed by atoms with van der Waals surface area (Å²) in [6, 6.07) is 0. The third-order valence-electron chi connectivity index (χ3n) is 4.53. The summed E-state index contributed by atoms with van der Waals surface area (Å²) < 4.78 is 0. The second kappa shape index (κ2) is 17.3. The van der Waals surface area contributed by atoms with E-state index in [0.29, 0.717) is 6.42 Å². The molecule has 1 unspecified atom stereocenters. The number of rotatable bonds is 17. The van der Waals surface area contributed by atoms with Gasteiger partial charge in [0.2, 0.25) is 0 Å². The van der Waals surface area contributed by atoms with Crippen LogP contribution in [0.1, 0.15) is 110 Å². The molecule has 2 heteroatoms. The van der Waals surface area contributed by atoms with Gasteiger partial charge in [0.05, 0.1) is 6.10 Å². The minimum Gasteiger partial charge on any atom is -0.396 e. The summed E-state index contributed by atoms with van der Waals surface area (Å²) in [7, 11) is 0. The topological polar surface area (TPSA) is 40.5 Å². The summed E-state index contributed by atoms with van der Waals surface area (Å²) in [4.78, 5) is 0. The maximum absolute atomic E-state index is 9.49.